The van der Waals surface area contributed by atoms with Gasteiger partial charge in [0.05, 0.1) is 6.61 Å². The van der Waals surface area contributed by atoms with Gasteiger partial charge in [-0.1, -0.05) is 6.92 Å². The van der Waals surface area contributed by atoms with Crippen LogP contribution in [0.4, 0.5) is 4.79 Å². The van der Waals surface area contributed by atoms with Crippen molar-refractivity contribution in [2.45, 2.75) is 26.4 Å². The molecule has 0 bridgehead atoms. The second-order valence-corrected chi connectivity index (χ2v) is 2.31. The first-order valence-corrected chi connectivity index (χ1v) is 4.02. The maximum absolute atomic E-state index is 11.0. The van der Waals surface area contributed by atoms with Gasteiger partial charge in [0.2, 0.25) is 0 Å². The van der Waals surface area contributed by atoms with Crippen LogP contribution in [0.15, 0.2) is 0 Å². The highest BCUT2D eigenvalue weighted by molar-refractivity contribution is 6.61. The third-order valence-corrected chi connectivity index (χ3v) is 1.24. The fourth-order valence-corrected chi connectivity index (χ4v) is 0.753. The smallest absolute Gasteiger partial charge is 0.404 e. The molecule has 0 aromatic carbocycles. The van der Waals surface area contributed by atoms with E-state index in [2.05, 4.69) is 9.47 Å². The first kappa shape index (κ1) is 11.2. The predicted molar refractivity (Wildman–Crippen MR) is 43.0 cm³/mol. The van der Waals surface area contributed by atoms with E-state index in [0.29, 0.717) is 6.42 Å². The number of halogens is 1. The van der Waals surface area contributed by atoms with E-state index in [0.717, 1.165) is 0 Å². The van der Waals surface area contributed by atoms with Gasteiger partial charge in [0, 0.05) is 11.6 Å². The zero-order chi connectivity index (χ0) is 9.56. The van der Waals surface area contributed by atoms with Crippen molar-refractivity contribution >= 4 is 23.0 Å². The lowest BCUT2D eigenvalue weighted by Crippen LogP contribution is -2.26. The molecule has 0 saturated heterocycles. The van der Waals surface area contributed by atoms with Crippen molar-refractivity contribution < 1.29 is 19.1 Å². The quantitative estimate of drug-likeness (QED) is 0.505. The van der Waals surface area contributed by atoms with E-state index in [1.54, 1.807) is 13.8 Å². The van der Waals surface area contributed by atoms with E-state index in [1.165, 1.54) is 0 Å². The topological polar surface area (TPSA) is 52.6 Å². The van der Waals surface area contributed by atoms with Gasteiger partial charge < -0.3 is 9.47 Å². The first-order valence-electron chi connectivity index (χ1n) is 3.64. The standard InChI is InChI=1S/C7H11ClO4/c1-3-5(12-7(8)10)6(9)11-4-2/h5H,3-4H2,1-2H3. The molecule has 0 saturated carbocycles. The molecule has 0 radical (unpaired) electrons. The van der Waals surface area contributed by atoms with Crippen molar-refractivity contribution in [3.63, 3.8) is 0 Å². The summed E-state index contributed by atoms with van der Waals surface area (Å²) in [4.78, 5) is 21.2. The summed E-state index contributed by atoms with van der Waals surface area (Å²) < 4.78 is 9.09. The number of esters is 1. The molecule has 5 heteroatoms. The fourth-order valence-electron chi connectivity index (χ4n) is 0.645. The summed E-state index contributed by atoms with van der Waals surface area (Å²) in [5.74, 6) is -0.561. The van der Waals surface area contributed by atoms with Crippen molar-refractivity contribution in [2.75, 3.05) is 6.61 Å². The summed E-state index contributed by atoms with van der Waals surface area (Å²) in [6, 6.07) is 0. The van der Waals surface area contributed by atoms with E-state index in [9.17, 15) is 9.59 Å². The molecule has 0 amide bonds. The number of ether oxygens (including phenoxy) is 2. The molecule has 0 aliphatic rings. The maximum atomic E-state index is 11.0. The van der Waals surface area contributed by atoms with Crippen molar-refractivity contribution in [1.29, 1.82) is 0 Å². The Morgan fingerprint density at radius 2 is 2.00 bits per heavy atom. The molecule has 0 aromatic heterocycles. The highest BCUT2D eigenvalue weighted by atomic mass is 35.5. The van der Waals surface area contributed by atoms with Crippen LogP contribution in [0.1, 0.15) is 20.3 Å². The monoisotopic (exact) mass is 194 g/mol. The molecule has 0 aromatic rings. The lowest BCUT2D eigenvalue weighted by Gasteiger charge is -2.11. The third-order valence-electron chi connectivity index (χ3n) is 1.16. The predicted octanol–water partition coefficient (Wildman–Crippen LogP) is 1.70. The van der Waals surface area contributed by atoms with Gasteiger partial charge in [-0.3, -0.25) is 0 Å². The molecule has 0 spiro atoms. The fraction of sp³-hybridized carbons (Fsp3) is 0.714. The van der Waals surface area contributed by atoms with E-state index in [-0.39, 0.29) is 6.61 Å². The summed E-state index contributed by atoms with van der Waals surface area (Å²) >= 11 is 4.93. The minimum Gasteiger partial charge on any atom is -0.463 e. The van der Waals surface area contributed by atoms with Crippen LogP contribution in [0.2, 0.25) is 0 Å². The van der Waals surface area contributed by atoms with Crippen LogP contribution in [0.25, 0.3) is 0 Å². The Bertz CT molecular complexity index is 169. The Balaban J connectivity index is 3.96. The maximum Gasteiger partial charge on any atom is 0.404 e. The van der Waals surface area contributed by atoms with Gasteiger partial charge >= 0.3 is 11.4 Å². The molecule has 70 valence electrons. The van der Waals surface area contributed by atoms with Gasteiger partial charge in [0.25, 0.3) is 0 Å². The van der Waals surface area contributed by atoms with Gasteiger partial charge in [-0.15, -0.1) is 0 Å². The number of hydrogen-bond donors (Lipinski definition) is 0. The molecular weight excluding hydrogens is 184 g/mol. The van der Waals surface area contributed by atoms with Crippen LogP contribution < -0.4 is 0 Å². The molecule has 1 unspecified atom stereocenters. The summed E-state index contributed by atoms with van der Waals surface area (Å²) in [5, 5.41) is 0. The van der Waals surface area contributed by atoms with Gasteiger partial charge in [0.15, 0.2) is 6.10 Å². The average molecular weight is 195 g/mol. The minimum atomic E-state index is -0.991. The Hall–Kier alpha value is -0.770. The largest absolute Gasteiger partial charge is 0.463 e. The normalized spacial score (nSPS) is 11.9. The SMILES string of the molecule is CCOC(=O)C(CC)OC(=O)Cl. The minimum absolute atomic E-state index is 0.259. The molecule has 0 N–H and O–H groups in total. The van der Waals surface area contributed by atoms with Gasteiger partial charge in [-0.25, -0.2) is 9.59 Å². The van der Waals surface area contributed by atoms with E-state index in [1.807, 2.05) is 0 Å². The summed E-state index contributed by atoms with van der Waals surface area (Å²) in [5.41, 5.74) is -0.991. The van der Waals surface area contributed by atoms with Crippen LogP contribution in [-0.4, -0.2) is 24.1 Å². The third kappa shape index (κ3) is 4.18. The van der Waals surface area contributed by atoms with Crippen LogP contribution in [-0.2, 0) is 14.3 Å². The molecular formula is C7H11ClO4. The molecule has 1 atom stereocenters. The molecule has 0 aliphatic heterocycles. The van der Waals surface area contributed by atoms with Crippen LogP contribution in [0, 0.1) is 0 Å². The molecule has 12 heavy (non-hydrogen) atoms. The Kier molecular flexibility index (Phi) is 5.45. The Morgan fingerprint density at radius 1 is 1.42 bits per heavy atom. The highest BCUT2D eigenvalue weighted by Gasteiger charge is 2.20. The summed E-state index contributed by atoms with van der Waals surface area (Å²) in [6.45, 7) is 3.63. The zero-order valence-electron chi connectivity index (χ0n) is 7.00. The van der Waals surface area contributed by atoms with Crippen LogP contribution in [0.3, 0.4) is 0 Å². The van der Waals surface area contributed by atoms with E-state index < -0.39 is 17.5 Å². The zero-order valence-corrected chi connectivity index (χ0v) is 7.76. The number of carbonyl (C=O) groups excluding carboxylic acids is 2. The molecule has 0 fully saturated rings. The Labute approximate surface area is 75.8 Å². The molecule has 0 aliphatic carbocycles. The van der Waals surface area contributed by atoms with Crippen molar-refractivity contribution in [3.05, 3.63) is 0 Å². The van der Waals surface area contributed by atoms with Crippen molar-refractivity contribution in [3.8, 4) is 0 Å². The van der Waals surface area contributed by atoms with E-state index >= 15 is 0 Å². The van der Waals surface area contributed by atoms with Gasteiger partial charge in [-0.05, 0) is 13.3 Å². The van der Waals surface area contributed by atoms with Crippen LogP contribution in [0.5, 0.6) is 0 Å². The van der Waals surface area contributed by atoms with Crippen LogP contribution >= 0.6 is 11.6 Å². The summed E-state index contributed by atoms with van der Waals surface area (Å²) in [6.07, 6.45) is -0.521. The summed E-state index contributed by atoms with van der Waals surface area (Å²) in [7, 11) is 0. The lowest BCUT2D eigenvalue weighted by atomic mass is 10.3. The molecule has 0 heterocycles. The van der Waals surface area contributed by atoms with Gasteiger partial charge in [-0.2, -0.15) is 0 Å². The number of carbonyl (C=O) groups is 2. The van der Waals surface area contributed by atoms with Crippen molar-refractivity contribution in [2.24, 2.45) is 0 Å². The molecule has 4 nitrogen and oxygen atoms in total. The average Bonchev–Trinajstić information content (AvgIpc) is 2.00. The lowest BCUT2D eigenvalue weighted by molar-refractivity contribution is -0.152. The number of rotatable bonds is 4. The van der Waals surface area contributed by atoms with Gasteiger partial charge in [0.1, 0.15) is 0 Å². The first-order chi connectivity index (χ1) is 5.61. The van der Waals surface area contributed by atoms with E-state index in [4.69, 9.17) is 11.6 Å². The highest BCUT2D eigenvalue weighted by Crippen LogP contribution is 2.03. The van der Waals surface area contributed by atoms with Crippen molar-refractivity contribution in [1.82, 2.24) is 0 Å². The number of hydrogen-bond acceptors (Lipinski definition) is 4. The molecule has 0 rings (SSSR count). The second kappa shape index (κ2) is 5.83. The Morgan fingerprint density at radius 3 is 2.33 bits per heavy atom. The second-order valence-electron chi connectivity index (χ2n) is 2.00.